The summed E-state index contributed by atoms with van der Waals surface area (Å²) in [6.07, 6.45) is 1.37. The maximum Gasteiger partial charge on any atom is 0.222 e. The van der Waals surface area contributed by atoms with E-state index in [9.17, 15) is 14.0 Å². The van der Waals surface area contributed by atoms with Gasteiger partial charge in [-0.3, -0.25) is 9.59 Å². The van der Waals surface area contributed by atoms with Gasteiger partial charge in [0.2, 0.25) is 5.28 Å². The Morgan fingerprint density at radius 2 is 1.85 bits per heavy atom. The Bertz CT molecular complexity index is 658. The van der Waals surface area contributed by atoms with Gasteiger partial charge in [0.25, 0.3) is 0 Å². The quantitative estimate of drug-likeness (QED) is 0.494. The summed E-state index contributed by atoms with van der Waals surface area (Å²) in [6, 6.07) is 6.45. The molecule has 1 aromatic carbocycles. The van der Waals surface area contributed by atoms with Crippen molar-refractivity contribution in [2.45, 2.75) is 12.8 Å². The van der Waals surface area contributed by atoms with Crippen LogP contribution in [0.1, 0.15) is 28.9 Å². The van der Waals surface area contributed by atoms with Crippen LogP contribution >= 0.6 is 11.6 Å². The van der Waals surface area contributed by atoms with Gasteiger partial charge in [0.15, 0.2) is 5.78 Å². The van der Waals surface area contributed by atoms with Crippen molar-refractivity contribution in [2.24, 2.45) is 0 Å². The molecule has 102 valence electrons. The predicted molar refractivity (Wildman–Crippen MR) is 71.2 cm³/mol. The molecule has 0 N–H and O–H groups in total. The predicted octanol–water partition coefficient (Wildman–Crippen LogP) is 2.82. The van der Waals surface area contributed by atoms with Crippen molar-refractivity contribution < 1.29 is 14.0 Å². The highest BCUT2D eigenvalue weighted by Gasteiger charge is 2.28. The second-order valence-corrected chi connectivity index (χ2v) is 4.50. The molecule has 1 aromatic heterocycles. The number of hydrogen-bond acceptors (Lipinski definition) is 4. The van der Waals surface area contributed by atoms with E-state index < -0.39 is 17.5 Å². The van der Waals surface area contributed by atoms with Crippen LogP contribution in [0.5, 0.6) is 0 Å². The summed E-state index contributed by atoms with van der Waals surface area (Å²) in [6.45, 7) is 1.29. The van der Waals surface area contributed by atoms with E-state index in [-0.39, 0.29) is 22.3 Å². The lowest BCUT2D eigenvalue weighted by molar-refractivity contribution is -0.117. The first-order valence-electron chi connectivity index (χ1n) is 5.77. The monoisotopic (exact) mass is 292 g/mol. The van der Waals surface area contributed by atoms with Crippen molar-refractivity contribution in [3.05, 3.63) is 58.9 Å². The molecule has 2 rings (SSSR count). The second kappa shape index (κ2) is 5.88. The van der Waals surface area contributed by atoms with Gasteiger partial charge in [0.05, 0.1) is 5.69 Å². The third kappa shape index (κ3) is 3.05. The number of nitrogens with zero attached hydrogens (tertiary/aromatic N) is 2. The molecule has 0 radical (unpaired) electrons. The summed E-state index contributed by atoms with van der Waals surface area (Å²) in [5.74, 6) is -2.34. The Hall–Kier alpha value is -2.14. The van der Waals surface area contributed by atoms with Gasteiger partial charge in [-0.25, -0.2) is 14.4 Å². The highest BCUT2D eigenvalue weighted by molar-refractivity contribution is 6.28. The molecule has 0 spiro atoms. The molecule has 1 atom stereocenters. The van der Waals surface area contributed by atoms with Gasteiger partial charge in [-0.1, -0.05) is 0 Å². The van der Waals surface area contributed by atoms with E-state index in [0.29, 0.717) is 0 Å². The van der Waals surface area contributed by atoms with Crippen LogP contribution in [0.25, 0.3) is 0 Å². The lowest BCUT2D eigenvalue weighted by Crippen LogP contribution is -2.21. The molecule has 0 fully saturated rings. The molecule has 1 unspecified atom stereocenters. The molecular weight excluding hydrogens is 283 g/mol. The smallest absolute Gasteiger partial charge is 0.222 e. The molecule has 0 saturated carbocycles. The number of carbonyl (C=O) groups is 2. The normalized spacial score (nSPS) is 11.9. The Morgan fingerprint density at radius 1 is 1.20 bits per heavy atom. The fourth-order valence-electron chi connectivity index (χ4n) is 1.82. The molecule has 0 amide bonds. The van der Waals surface area contributed by atoms with Crippen LogP contribution in [0, 0.1) is 5.82 Å². The highest BCUT2D eigenvalue weighted by Crippen LogP contribution is 2.21. The number of benzene rings is 1. The van der Waals surface area contributed by atoms with Crippen molar-refractivity contribution in [1.29, 1.82) is 0 Å². The van der Waals surface area contributed by atoms with Crippen LogP contribution in [0.15, 0.2) is 36.5 Å². The van der Waals surface area contributed by atoms with Crippen LogP contribution in [-0.2, 0) is 4.79 Å². The van der Waals surface area contributed by atoms with Crippen molar-refractivity contribution in [3.63, 3.8) is 0 Å². The molecule has 0 aliphatic rings. The minimum absolute atomic E-state index is 0.0411. The first-order valence-corrected chi connectivity index (χ1v) is 6.15. The van der Waals surface area contributed by atoms with E-state index >= 15 is 0 Å². The van der Waals surface area contributed by atoms with Gasteiger partial charge in [0, 0.05) is 11.8 Å². The van der Waals surface area contributed by atoms with E-state index in [4.69, 9.17) is 11.6 Å². The van der Waals surface area contributed by atoms with E-state index in [1.165, 1.54) is 31.3 Å². The number of rotatable bonds is 4. The maximum absolute atomic E-state index is 12.9. The Labute approximate surface area is 119 Å². The fraction of sp³-hybridized carbons (Fsp3) is 0.143. The van der Waals surface area contributed by atoms with Gasteiger partial charge < -0.3 is 0 Å². The zero-order valence-corrected chi connectivity index (χ0v) is 11.3. The van der Waals surface area contributed by atoms with E-state index in [1.54, 1.807) is 0 Å². The number of hydrogen-bond donors (Lipinski definition) is 0. The molecular formula is C14H10ClFN2O2. The molecule has 0 aliphatic carbocycles. The van der Waals surface area contributed by atoms with Crippen molar-refractivity contribution in [2.75, 3.05) is 0 Å². The van der Waals surface area contributed by atoms with Crippen molar-refractivity contribution >= 4 is 23.2 Å². The summed E-state index contributed by atoms with van der Waals surface area (Å²) in [4.78, 5) is 31.7. The molecule has 6 heteroatoms. The van der Waals surface area contributed by atoms with Gasteiger partial charge in [-0.15, -0.1) is 0 Å². The molecule has 20 heavy (non-hydrogen) atoms. The molecule has 0 aliphatic heterocycles. The van der Waals surface area contributed by atoms with Crippen molar-refractivity contribution in [1.82, 2.24) is 9.97 Å². The summed E-state index contributed by atoms with van der Waals surface area (Å²) in [7, 11) is 0. The third-order valence-electron chi connectivity index (χ3n) is 2.74. The average Bonchev–Trinajstić information content (AvgIpc) is 2.39. The molecule has 1 heterocycles. The number of Topliss-reactive ketones (excluding diaryl/α,β-unsaturated/α-hetero) is 2. The van der Waals surface area contributed by atoms with E-state index in [1.807, 2.05) is 0 Å². The third-order valence-corrected chi connectivity index (χ3v) is 2.92. The zero-order valence-electron chi connectivity index (χ0n) is 10.5. The number of halogens is 2. The Kier molecular flexibility index (Phi) is 4.20. The SMILES string of the molecule is CC(=O)C(C(=O)c1ccc(F)cc1)c1ccnc(Cl)n1. The maximum atomic E-state index is 12.9. The summed E-state index contributed by atoms with van der Waals surface area (Å²) >= 11 is 5.67. The lowest BCUT2D eigenvalue weighted by atomic mass is 9.91. The molecule has 2 aromatic rings. The van der Waals surface area contributed by atoms with Crippen LogP contribution in [0.2, 0.25) is 5.28 Å². The molecule has 4 nitrogen and oxygen atoms in total. The topological polar surface area (TPSA) is 59.9 Å². The van der Waals surface area contributed by atoms with E-state index in [2.05, 4.69) is 9.97 Å². The minimum Gasteiger partial charge on any atom is -0.299 e. The average molecular weight is 293 g/mol. The number of carbonyl (C=O) groups excluding carboxylic acids is 2. The van der Waals surface area contributed by atoms with Crippen LogP contribution in [0.3, 0.4) is 0 Å². The largest absolute Gasteiger partial charge is 0.299 e. The second-order valence-electron chi connectivity index (χ2n) is 4.17. The summed E-state index contributed by atoms with van der Waals surface area (Å²) in [5.41, 5.74) is 0.466. The standard InChI is InChI=1S/C14H10ClFN2O2/c1-8(19)12(11-6-7-17-14(15)18-11)13(20)9-2-4-10(16)5-3-9/h2-7,12H,1H3. The summed E-state index contributed by atoms with van der Waals surface area (Å²) < 4.78 is 12.9. The fourth-order valence-corrected chi connectivity index (χ4v) is 1.97. The van der Waals surface area contributed by atoms with Crippen LogP contribution < -0.4 is 0 Å². The number of ketones is 2. The highest BCUT2D eigenvalue weighted by atomic mass is 35.5. The van der Waals surface area contributed by atoms with E-state index in [0.717, 1.165) is 12.1 Å². The first-order chi connectivity index (χ1) is 9.49. The first kappa shape index (κ1) is 14.3. The molecule has 0 bridgehead atoms. The van der Waals surface area contributed by atoms with Crippen molar-refractivity contribution in [3.8, 4) is 0 Å². The minimum atomic E-state index is -1.07. The van der Waals surface area contributed by atoms with Gasteiger partial charge in [0.1, 0.15) is 17.5 Å². The van der Waals surface area contributed by atoms with Gasteiger partial charge in [-0.05, 0) is 48.9 Å². The van der Waals surface area contributed by atoms with Gasteiger partial charge >= 0.3 is 0 Å². The Balaban J connectivity index is 2.41. The zero-order chi connectivity index (χ0) is 14.7. The summed E-state index contributed by atoms with van der Waals surface area (Å²) in [5, 5.41) is -0.0411. The number of aromatic nitrogens is 2. The van der Waals surface area contributed by atoms with Crippen LogP contribution in [0.4, 0.5) is 4.39 Å². The Morgan fingerprint density at radius 3 is 2.40 bits per heavy atom. The lowest BCUT2D eigenvalue weighted by Gasteiger charge is -2.12. The van der Waals surface area contributed by atoms with Gasteiger partial charge in [-0.2, -0.15) is 0 Å². The van der Waals surface area contributed by atoms with Crippen LogP contribution in [-0.4, -0.2) is 21.5 Å². The molecule has 0 saturated heterocycles.